The van der Waals surface area contributed by atoms with Gasteiger partial charge in [-0.25, -0.2) is 4.79 Å². The highest BCUT2D eigenvalue weighted by Crippen LogP contribution is 2.27. The minimum atomic E-state index is -0.666. The molecule has 5 heteroatoms. The molecule has 0 aromatic heterocycles. The van der Waals surface area contributed by atoms with Gasteiger partial charge in [0, 0.05) is 11.6 Å². The van der Waals surface area contributed by atoms with Crippen LogP contribution in [-0.2, 0) is 9.53 Å². The Labute approximate surface area is 140 Å². The van der Waals surface area contributed by atoms with Crippen molar-refractivity contribution >= 4 is 11.8 Å². The Morgan fingerprint density at radius 2 is 1.83 bits per heavy atom. The first-order valence-electron chi connectivity index (χ1n) is 7.49. The van der Waals surface area contributed by atoms with E-state index in [-0.39, 0.29) is 35.2 Å². The van der Waals surface area contributed by atoms with Crippen molar-refractivity contribution in [1.29, 1.82) is 0 Å². The summed E-state index contributed by atoms with van der Waals surface area (Å²) in [6.45, 7) is 5.64. The molecule has 0 aliphatic rings. The maximum Gasteiger partial charge on any atom is 0.373 e. The molecule has 0 fully saturated rings. The molecule has 0 saturated carbocycles. The van der Waals surface area contributed by atoms with Crippen LogP contribution in [0.5, 0.6) is 11.5 Å². The fourth-order valence-corrected chi connectivity index (χ4v) is 1.97. The monoisotopic (exact) mass is 326 g/mol. The molecular formula is C19H18O5. The van der Waals surface area contributed by atoms with E-state index in [9.17, 15) is 14.7 Å². The molecule has 0 aliphatic carbocycles. The third-order valence-corrected chi connectivity index (χ3v) is 3.16. The van der Waals surface area contributed by atoms with Crippen molar-refractivity contribution in [2.24, 2.45) is 0 Å². The van der Waals surface area contributed by atoms with Gasteiger partial charge in [-0.3, -0.25) is 4.79 Å². The van der Waals surface area contributed by atoms with Crippen molar-refractivity contribution in [2.45, 2.75) is 13.3 Å². The van der Waals surface area contributed by atoms with E-state index in [0.29, 0.717) is 12.0 Å². The quantitative estimate of drug-likeness (QED) is 0.365. The van der Waals surface area contributed by atoms with E-state index < -0.39 is 5.97 Å². The summed E-state index contributed by atoms with van der Waals surface area (Å²) in [7, 11) is 0. The summed E-state index contributed by atoms with van der Waals surface area (Å²) >= 11 is 0. The topological polar surface area (TPSA) is 72.8 Å². The van der Waals surface area contributed by atoms with E-state index in [2.05, 4.69) is 6.58 Å². The molecule has 0 aliphatic heterocycles. The van der Waals surface area contributed by atoms with E-state index in [1.807, 2.05) is 6.92 Å². The first kappa shape index (κ1) is 17.3. The van der Waals surface area contributed by atoms with Gasteiger partial charge in [-0.2, -0.15) is 0 Å². The average molecular weight is 326 g/mol. The minimum absolute atomic E-state index is 0.146. The second kappa shape index (κ2) is 7.97. The summed E-state index contributed by atoms with van der Waals surface area (Å²) < 4.78 is 10.1. The SMILES string of the molecule is C=C(Oc1ccc(C(=O)c2ccccc2)c(O)c1)C(=O)OCCC. The van der Waals surface area contributed by atoms with Crippen LogP contribution in [0.25, 0.3) is 0 Å². The second-order valence-corrected chi connectivity index (χ2v) is 5.04. The van der Waals surface area contributed by atoms with Crippen molar-refractivity contribution in [3.8, 4) is 11.5 Å². The number of rotatable bonds is 7. The Balaban J connectivity index is 2.11. The van der Waals surface area contributed by atoms with Crippen molar-refractivity contribution in [2.75, 3.05) is 6.61 Å². The molecule has 0 bridgehead atoms. The predicted molar refractivity (Wildman–Crippen MR) is 89.0 cm³/mol. The van der Waals surface area contributed by atoms with Crippen LogP contribution >= 0.6 is 0 Å². The van der Waals surface area contributed by atoms with Gasteiger partial charge in [0.05, 0.1) is 12.2 Å². The number of carbonyl (C=O) groups excluding carboxylic acids is 2. The van der Waals surface area contributed by atoms with E-state index in [1.165, 1.54) is 18.2 Å². The van der Waals surface area contributed by atoms with Crippen LogP contribution in [0.3, 0.4) is 0 Å². The molecule has 0 saturated heterocycles. The highest BCUT2D eigenvalue weighted by Gasteiger charge is 2.16. The maximum atomic E-state index is 12.3. The zero-order chi connectivity index (χ0) is 17.5. The van der Waals surface area contributed by atoms with Gasteiger partial charge < -0.3 is 14.6 Å². The lowest BCUT2D eigenvalue weighted by Gasteiger charge is -2.10. The number of ether oxygens (including phenoxy) is 2. The van der Waals surface area contributed by atoms with Gasteiger partial charge >= 0.3 is 5.97 Å². The van der Waals surface area contributed by atoms with Crippen LogP contribution < -0.4 is 4.74 Å². The Morgan fingerprint density at radius 1 is 1.12 bits per heavy atom. The number of ketones is 1. The maximum absolute atomic E-state index is 12.3. The standard InChI is InChI=1S/C19H18O5/c1-3-11-23-19(22)13(2)24-15-9-10-16(17(20)12-15)18(21)14-7-5-4-6-8-14/h4-10,12,20H,2-3,11H2,1H3. The molecule has 0 radical (unpaired) electrons. The molecule has 2 rings (SSSR count). The number of phenols is 1. The summed E-state index contributed by atoms with van der Waals surface area (Å²) in [5, 5.41) is 10.1. The lowest BCUT2D eigenvalue weighted by Crippen LogP contribution is -2.12. The molecule has 0 heterocycles. The number of hydrogen-bond donors (Lipinski definition) is 1. The van der Waals surface area contributed by atoms with Crippen molar-refractivity contribution in [3.63, 3.8) is 0 Å². The van der Waals surface area contributed by atoms with E-state index in [0.717, 1.165) is 0 Å². The van der Waals surface area contributed by atoms with Crippen LogP contribution in [-0.4, -0.2) is 23.5 Å². The zero-order valence-corrected chi connectivity index (χ0v) is 13.3. The highest BCUT2D eigenvalue weighted by molar-refractivity contribution is 6.10. The van der Waals surface area contributed by atoms with E-state index >= 15 is 0 Å². The van der Waals surface area contributed by atoms with Crippen LogP contribution in [0.1, 0.15) is 29.3 Å². The number of esters is 1. The number of phenolic OH excluding ortho intramolecular Hbond substituents is 1. The highest BCUT2D eigenvalue weighted by atomic mass is 16.6. The van der Waals surface area contributed by atoms with E-state index in [4.69, 9.17) is 9.47 Å². The molecular weight excluding hydrogens is 308 g/mol. The minimum Gasteiger partial charge on any atom is -0.507 e. The molecule has 5 nitrogen and oxygen atoms in total. The fourth-order valence-electron chi connectivity index (χ4n) is 1.97. The lowest BCUT2D eigenvalue weighted by molar-refractivity contribution is -0.141. The summed E-state index contributed by atoms with van der Waals surface area (Å²) in [6, 6.07) is 12.8. The first-order valence-corrected chi connectivity index (χ1v) is 7.49. The fraction of sp³-hybridized carbons (Fsp3) is 0.158. The van der Waals surface area contributed by atoms with Gasteiger partial charge in [-0.05, 0) is 25.1 Å². The van der Waals surface area contributed by atoms with Gasteiger partial charge in [0.1, 0.15) is 11.5 Å². The van der Waals surface area contributed by atoms with Gasteiger partial charge in [-0.1, -0.05) is 37.3 Å². The van der Waals surface area contributed by atoms with E-state index in [1.54, 1.807) is 30.3 Å². The zero-order valence-electron chi connectivity index (χ0n) is 13.3. The number of benzene rings is 2. The molecule has 1 N–H and O–H groups in total. The first-order chi connectivity index (χ1) is 11.5. The molecule has 24 heavy (non-hydrogen) atoms. The Morgan fingerprint density at radius 3 is 2.46 bits per heavy atom. The van der Waals surface area contributed by atoms with Crippen molar-refractivity contribution < 1.29 is 24.2 Å². The second-order valence-electron chi connectivity index (χ2n) is 5.04. The number of hydrogen-bond acceptors (Lipinski definition) is 5. The third kappa shape index (κ3) is 4.23. The smallest absolute Gasteiger partial charge is 0.373 e. The van der Waals surface area contributed by atoms with Gasteiger partial charge in [0.25, 0.3) is 0 Å². The summed E-state index contributed by atoms with van der Waals surface area (Å²) in [5.41, 5.74) is 0.613. The molecule has 2 aromatic carbocycles. The Bertz CT molecular complexity index is 750. The van der Waals surface area contributed by atoms with Crippen LogP contribution in [0.4, 0.5) is 0 Å². The number of aromatic hydroxyl groups is 1. The van der Waals surface area contributed by atoms with Gasteiger partial charge in [0.15, 0.2) is 5.78 Å². The van der Waals surface area contributed by atoms with Crippen LogP contribution in [0.2, 0.25) is 0 Å². The summed E-state index contributed by atoms with van der Waals surface area (Å²) in [6.07, 6.45) is 0.691. The Hall–Kier alpha value is -3.08. The predicted octanol–water partition coefficient (Wildman–Crippen LogP) is 3.47. The molecule has 0 amide bonds. The van der Waals surface area contributed by atoms with Crippen LogP contribution in [0.15, 0.2) is 60.9 Å². The summed E-state index contributed by atoms with van der Waals surface area (Å²) in [5.74, 6) is -1.21. The normalized spacial score (nSPS) is 10.0. The van der Waals surface area contributed by atoms with Gasteiger partial charge in [-0.15, -0.1) is 0 Å². The third-order valence-electron chi connectivity index (χ3n) is 3.16. The lowest BCUT2D eigenvalue weighted by atomic mass is 10.0. The molecule has 0 spiro atoms. The van der Waals surface area contributed by atoms with Crippen molar-refractivity contribution in [1.82, 2.24) is 0 Å². The van der Waals surface area contributed by atoms with Crippen molar-refractivity contribution in [3.05, 3.63) is 72.0 Å². The summed E-state index contributed by atoms with van der Waals surface area (Å²) in [4.78, 5) is 23.9. The Kier molecular flexibility index (Phi) is 5.73. The molecule has 2 aromatic rings. The number of carbonyl (C=O) groups is 2. The molecule has 0 unspecified atom stereocenters. The average Bonchev–Trinajstić information content (AvgIpc) is 2.60. The van der Waals surface area contributed by atoms with Crippen LogP contribution in [0, 0.1) is 0 Å². The van der Waals surface area contributed by atoms with Gasteiger partial charge in [0.2, 0.25) is 5.76 Å². The molecule has 0 atom stereocenters. The molecule has 124 valence electrons. The largest absolute Gasteiger partial charge is 0.507 e.